The summed E-state index contributed by atoms with van der Waals surface area (Å²) in [4.78, 5) is 13.2. The van der Waals surface area contributed by atoms with Crippen LogP contribution >= 0.6 is 11.8 Å². The molecule has 3 aromatic carbocycles. The normalized spacial score (nSPS) is 15.5. The third-order valence-electron chi connectivity index (χ3n) is 6.58. The zero-order valence-electron chi connectivity index (χ0n) is 19.7. The highest BCUT2D eigenvalue weighted by Crippen LogP contribution is 2.37. The Morgan fingerprint density at radius 1 is 0.944 bits per heavy atom. The van der Waals surface area contributed by atoms with E-state index in [9.17, 15) is 4.79 Å². The number of fused-ring (bicyclic) bond motifs is 3. The maximum absolute atomic E-state index is 13.2. The predicted octanol–water partition coefficient (Wildman–Crippen LogP) is 6.46. The second kappa shape index (κ2) is 9.99. The van der Waals surface area contributed by atoms with Crippen molar-refractivity contribution in [2.75, 3.05) is 5.75 Å². The number of rotatable bonds is 8. The number of para-hydroxylation sites is 1. The first kappa shape index (κ1) is 22.6. The minimum absolute atomic E-state index is 0.0921. The van der Waals surface area contributed by atoms with Crippen molar-refractivity contribution in [3.8, 4) is 16.9 Å². The third kappa shape index (κ3) is 4.52. The van der Waals surface area contributed by atoms with Crippen LogP contribution in [0, 0.1) is 0 Å². The lowest BCUT2D eigenvalue weighted by atomic mass is 10.0. The van der Waals surface area contributed by atoms with Gasteiger partial charge in [0.1, 0.15) is 12.4 Å². The molecule has 1 atom stereocenters. The number of hydrogen-bond donors (Lipinski definition) is 0. The molecule has 0 bridgehead atoms. The molecule has 36 heavy (non-hydrogen) atoms. The molecule has 0 aliphatic heterocycles. The number of hydrogen-bond acceptors (Lipinski definition) is 5. The van der Waals surface area contributed by atoms with Gasteiger partial charge in [-0.2, -0.15) is 0 Å². The molecule has 0 spiro atoms. The Bertz CT molecular complexity index is 1470. The fourth-order valence-electron chi connectivity index (χ4n) is 4.79. The van der Waals surface area contributed by atoms with Gasteiger partial charge in [-0.3, -0.25) is 9.36 Å². The fraction of sp³-hybridized carbons (Fsp3) is 0.167. The Balaban J connectivity index is 1.19. The molecule has 0 saturated carbocycles. The third-order valence-corrected chi connectivity index (χ3v) is 7.53. The van der Waals surface area contributed by atoms with Crippen LogP contribution in [-0.2, 0) is 13.0 Å². The summed E-state index contributed by atoms with van der Waals surface area (Å²) >= 11 is 1.43. The lowest BCUT2D eigenvalue weighted by molar-refractivity contribution is 0.102. The number of allylic oxidation sites excluding steroid dienone is 4. The highest BCUT2D eigenvalue weighted by molar-refractivity contribution is 7.99. The summed E-state index contributed by atoms with van der Waals surface area (Å²) in [6.07, 6.45) is 10.1. The molecule has 178 valence electrons. The molecule has 2 aliphatic rings. The van der Waals surface area contributed by atoms with Gasteiger partial charge in [0.25, 0.3) is 0 Å². The Morgan fingerprint density at radius 2 is 1.78 bits per heavy atom. The molecule has 6 rings (SSSR count). The Hall–Kier alpha value is -3.90. The lowest BCUT2D eigenvalue weighted by Gasteiger charge is -2.19. The quantitative estimate of drug-likeness (QED) is 0.184. The van der Waals surface area contributed by atoms with Crippen LogP contribution in [0.3, 0.4) is 0 Å². The standard InChI is InChI=1S/C30H25N3O2S/c34-28(22-15-16-27-23(18-22)17-21-9-7-8-14-26(21)27)20-36-30-32-31-29(19-35-25-12-5-2-6-13-25)33(30)24-10-3-1-4-11-24/h1-10,12-16,18,24H,11,17,19-20H2/t24-/m0/s1. The summed E-state index contributed by atoms with van der Waals surface area (Å²) < 4.78 is 8.06. The molecule has 2 aliphatic carbocycles. The van der Waals surface area contributed by atoms with E-state index in [1.807, 2.05) is 48.6 Å². The second-order valence-corrected chi connectivity index (χ2v) is 9.85. The zero-order chi connectivity index (χ0) is 24.3. The summed E-state index contributed by atoms with van der Waals surface area (Å²) in [6.45, 7) is 0.310. The van der Waals surface area contributed by atoms with E-state index in [0.717, 1.165) is 35.1 Å². The Morgan fingerprint density at radius 3 is 2.64 bits per heavy atom. The molecule has 1 aromatic heterocycles. The van der Waals surface area contributed by atoms with Crippen LogP contribution in [0.4, 0.5) is 0 Å². The number of carbonyl (C=O) groups is 1. The molecule has 0 saturated heterocycles. The van der Waals surface area contributed by atoms with Gasteiger partial charge in [-0.1, -0.05) is 90.7 Å². The van der Waals surface area contributed by atoms with Crippen molar-refractivity contribution in [3.05, 3.63) is 120 Å². The average molecular weight is 492 g/mol. The summed E-state index contributed by atoms with van der Waals surface area (Å²) in [5.41, 5.74) is 5.78. The molecular formula is C30H25N3O2S. The van der Waals surface area contributed by atoms with Crippen LogP contribution in [0.2, 0.25) is 0 Å². The smallest absolute Gasteiger partial charge is 0.192 e. The molecule has 0 fully saturated rings. The maximum Gasteiger partial charge on any atom is 0.192 e. The summed E-state index contributed by atoms with van der Waals surface area (Å²) in [7, 11) is 0. The van der Waals surface area contributed by atoms with E-state index in [1.165, 1.54) is 34.0 Å². The van der Waals surface area contributed by atoms with Gasteiger partial charge < -0.3 is 4.74 Å². The Kier molecular flexibility index (Phi) is 6.26. The van der Waals surface area contributed by atoms with Crippen molar-refractivity contribution < 1.29 is 9.53 Å². The van der Waals surface area contributed by atoms with Gasteiger partial charge in [0.05, 0.1) is 11.8 Å². The van der Waals surface area contributed by atoms with E-state index in [4.69, 9.17) is 4.74 Å². The summed E-state index contributed by atoms with van der Waals surface area (Å²) in [5.74, 6) is 1.92. The molecule has 1 heterocycles. The van der Waals surface area contributed by atoms with Crippen LogP contribution in [0.25, 0.3) is 11.1 Å². The zero-order valence-corrected chi connectivity index (χ0v) is 20.5. The number of nitrogens with zero attached hydrogens (tertiary/aromatic N) is 3. The molecule has 0 unspecified atom stereocenters. The SMILES string of the molecule is O=C(CSc1nnc(COc2ccccc2)n1[C@H]1C=CC=CC1)c1ccc2c(c1)Cc1ccccc1-2. The lowest BCUT2D eigenvalue weighted by Crippen LogP contribution is -2.15. The van der Waals surface area contributed by atoms with Crippen molar-refractivity contribution in [2.24, 2.45) is 0 Å². The van der Waals surface area contributed by atoms with Gasteiger partial charge in [-0.25, -0.2) is 0 Å². The first-order valence-electron chi connectivity index (χ1n) is 12.1. The minimum Gasteiger partial charge on any atom is -0.486 e. The summed E-state index contributed by atoms with van der Waals surface area (Å²) in [5, 5.41) is 9.60. The molecule has 6 heteroatoms. The summed E-state index contributed by atoms with van der Waals surface area (Å²) in [6, 6.07) is 24.3. The van der Waals surface area contributed by atoms with Crippen LogP contribution < -0.4 is 4.74 Å². The van der Waals surface area contributed by atoms with Crippen molar-refractivity contribution >= 4 is 17.5 Å². The molecule has 5 nitrogen and oxygen atoms in total. The molecule has 0 amide bonds. The van der Waals surface area contributed by atoms with Crippen molar-refractivity contribution in [1.29, 1.82) is 0 Å². The van der Waals surface area contributed by atoms with E-state index >= 15 is 0 Å². The van der Waals surface area contributed by atoms with Crippen LogP contribution in [0.15, 0.2) is 102 Å². The predicted molar refractivity (Wildman–Crippen MR) is 142 cm³/mol. The molecular weight excluding hydrogens is 466 g/mol. The van der Waals surface area contributed by atoms with E-state index < -0.39 is 0 Å². The number of carbonyl (C=O) groups excluding carboxylic acids is 1. The van der Waals surface area contributed by atoms with E-state index in [2.05, 4.69) is 63.3 Å². The van der Waals surface area contributed by atoms with Gasteiger partial charge in [0, 0.05) is 5.56 Å². The number of Topliss-reactive ketones (excluding diaryl/α,β-unsaturated/α-hetero) is 1. The Labute approximate surface area is 214 Å². The number of benzene rings is 3. The largest absolute Gasteiger partial charge is 0.486 e. The van der Waals surface area contributed by atoms with Crippen molar-refractivity contribution in [2.45, 2.75) is 30.6 Å². The van der Waals surface area contributed by atoms with E-state index in [0.29, 0.717) is 12.4 Å². The second-order valence-electron chi connectivity index (χ2n) is 8.90. The van der Waals surface area contributed by atoms with Crippen molar-refractivity contribution in [1.82, 2.24) is 14.8 Å². The van der Waals surface area contributed by atoms with Gasteiger partial charge in [-0.15, -0.1) is 10.2 Å². The van der Waals surface area contributed by atoms with E-state index in [1.54, 1.807) is 0 Å². The highest BCUT2D eigenvalue weighted by atomic mass is 32.2. The van der Waals surface area contributed by atoms with Crippen LogP contribution in [0.5, 0.6) is 5.75 Å². The number of ketones is 1. The van der Waals surface area contributed by atoms with Crippen LogP contribution in [0.1, 0.15) is 39.8 Å². The van der Waals surface area contributed by atoms with Gasteiger partial charge in [-0.05, 0) is 53.3 Å². The minimum atomic E-state index is 0.0921. The van der Waals surface area contributed by atoms with Gasteiger partial charge in [0.2, 0.25) is 0 Å². The molecule has 0 radical (unpaired) electrons. The monoisotopic (exact) mass is 491 g/mol. The van der Waals surface area contributed by atoms with Gasteiger partial charge in [0.15, 0.2) is 16.8 Å². The number of aromatic nitrogens is 3. The maximum atomic E-state index is 13.2. The topological polar surface area (TPSA) is 57.0 Å². The molecule has 0 N–H and O–H groups in total. The van der Waals surface area contributed by atoms with Gasteiger partial charge >= 0.3 is 0 Å². The number of ether oxygens (including phenoxy) is 1. The van der Waals surface area contributed by atoms with E-state index in [-0.39, 0.29) is 11.8 Å². The fourth-order valence-corrected chi connectivity index (χ4v) is 5.70. The average Bonchev–Trinajstić information content (AvgIpc) is 3.52. The first-order chi connectivity index (χ1) is 17.8. The highest BCUT2D eigenvalue weighted by Gasteiger charge is 2.22. The van der Waals surface area contributed by atoms with Crippen LogP contribution in [-0.4, -0.2) is 26.3 Å². The molecule has 4 aromatic rings. The van der Waals surface area contributed by atoms with Crippen molar-refractivity contribution in [3.63, 3.8) is 0 Å². The number of thioether (sulfide) groups is 1. The first-order valence-corrected chi connectivity index (χ1v) is 13.1.